The van der Waals surface area contributed by atoms with E-state index >= 15 is 0 Å². The molecule has 4 rings (SSSR count). The van der Waals surface area contributed by atoms with Gasteiger partial charge in [-0.05, 0) is 24.1 Å². The van der Waals surface area contributed by atoms with Crippen molar-refractivity contribution in [2.75, 3.05) is 31.2 Å². The molecule has 7 nitrogen and oxygen atoms in total. The predicted octanol–water partition coefficient (Wildman–Crippen LogP) is 1.08. The van der Waals surface area contributed by atoms with Crippen LogP contribution in [0.3, 0.4) is 0 Å². The molecule has 0 saturated carbocycles. The quantitative estimate of drug-likeness (QED) is 0.905. The number of ether oxygens (including phenoxy) is 1. The molecular weight excluding hydrogens is 308 g/mol. The van der Waals surface area contributed by atoms with Crippen molar-refractivity contribution < 1.29 is 13.9 Å². The van der Waals surface area contributed by atoms with E-state index in [9.17, 15) is 4.79 Å². The zero-order chi connectivity index (χ0) is 16.4. The number of anilines is 1. The molecule has 0 aliphatic carbocycles. The molecule has 3 atom stereocenters. The smallest absolute Gasteiger partial charge is 0.226 e. The van der Waals surface area contributed by atoms with Crippen LogP contribution in [0.5, 0.6) is 0 Å². The third kappa shape index (κ3) is 2.99. The molecule has 2 aromatic rings. The van der Waals surface area contributed by atoms with Crippen LogP contribution in [-0.2, 0) is 16.1 Å². The lowest BCUT2D eigenvalue weighted by Crippen LogP contribution is -2.44. The van der Waals surface area contributed by atoms with E-state index in [1.54, 1.807) is 18.8 Å². The van der Waals surface area contributed by atoms with Crippen LogP contribution in [0.4, 0.5) is 5.82 Å². The number of rotatable bonds is 4. The largest absolute Gasteiger partial charge is 0.467 e. The lowest BCUT2D eigenvalue weighted by atomic mass is 9.82. The number of nitrogens with one attached hydrogen (secondary N) is 1. The Morgan fingerprint density at radius 1 is 1.33 bits per heavy atom. The van der Waals surface area contributed by atoms with Gasteiger partial charge in [0.15, 0.2) is 0 Å². The Morgan fingerprint density at radius 3 is 3.08 bits per heavy atom. The highest BCUT2D eigenvalue weighted by Crippen LogP contribution is 2.35. The Labute approximate surface area is 140 Å². The SMILES string of the molecule is O=C(NCc1ccco1)[C@H]1COC[C@H]2CN(c3ccncn3)C[C@H]21. The van der Waals surface area contributed by atoms with Crippen molar-refractivity contribution in [1.82, 2.24) is 15.3 Å². The van der Waals surface area contributed by atoms with Crippen molar-refractivity contribution in [2.45, 2.75) is 6.54 Å². The van der Waals surface area contributed by atoms with Gasteiger partial charge in [-0.2, -0.15) is 0 Å². The fourth-order valence-electron chi connectivity index (χ4n) is 3.65. The minimum Gasteiger partial charge on any atom is -0.467 e. The van der Waals surface area contributed by atoms with Gasteiger partial charge in [-0.3, -0.25) is 4.79 Å². The summed E-state index contributed by atoms with van der Waals surface area (Å²) in [6.45, 7) is 3.28. The predicted molar refractivity (Wildman–Crippen MR) is 86.1 cm³/mol. The van der Waals surface area contributed by atoms with E-state index in [1.165, 1.54) is 0 Å². The summed E-state index contributed by atoms with van der Waals surface area (Å²) in [4.78, 5) is 23.1. The second-order valence-electron chi connectivity index (χ2n) is 6.34. The van der Waals surface area contributed by atoms with E-state index < -0.39 is 0 Å². The molecule has 4 heterocycles. The fraction of sp³-hybridized carbons (Fsp3) is 0.471. The molecule has 1 N–H and O–H groups in total. The zero-order valence-electron chi connectivity index (χ0n) is 13.3. The van der Waals surface area contributed by atoms with Crippen molar-refractivity contribution in [1.29, 1.82) is 0 Å². The average molecular weight is 328 g/mol. The Hall–Kier alpha value is -2.41. The molecule has 24 heavy (non-hydrogen) atoms. The van der Waals surface area contributed by atoms with Crippen LogP contribution >= 0.6 is 0 Å². The maximum Gasteiger partial charge on any atom is 0.226 e. The van der Waals surface area contributed by atoms with Gasteiger partial charge >= 0.3 is 0 Å². The van der Waals surface area contributed by atoms with Crippen LogP contribution in [0.15, 0.2) is 41.4 Å². The fourth-order valence-corrected chi connectivity index (χ4v) is 3.65. The van der Waals surface area contributed by atoms with Gasteiger partial charge in [-0.25, -0.2) is 9.97 Å². The first kappa shape index (κ1) is 15.1. The summed E-state index contributed by atoms with van der Waals surface area (Å²) < 4.78 is 11.0. The molecule has 2 aliphatic heterocycles. The van der Waals surface area contributed by atoms with Gasteiger partial charge in [-0.1, -0.05) is 0 Å². The van der Waals surface area contributed by atoms with Crippen molar-refractivity contribution in [3.05, 3.63) is 42.7 Å². The van der Waals surface area contributed by atoms with E-state index in [0.29, 0.717) is 25.7 Å². The molecule has 0 unspecified atom stereocenters. The maximum absolute atomic E-state index is 12.6. The van der Waals surface area contributed by atoms with E-state index in [4.69, 9.17) is 9.15 Å². The third-order valence-electron chi connectivity index (χ3n) is 4.88. The Morgan fingerprint density at radius 2 is 2.29 bits per heavy atom. The van der Waals surface area contributed by atoms with Crippen molar-refractivity contribution in [2.24, 2.45) is 17.8 Å². The number of fused-ring (bicyclic) bond motifs is 1. The number of hydrogen-bond acceptors (Lipinski definition) is 6. The lowest BCUT2D eigenvalue weighted by Gasteiger charge is -2.31. The average Bonchev–Trinajstić information content (AvgIpc) is 3.29. The monoisotopic (exact) mass is 328 g/mol. The summed E-state index contributed by atoms with van der Waals surface area (Å²) >= 11 is 0. The third-order valence-corrected chi connectivity index (χ3v) is 4.88. The van der Waals surface area contributed by atoms with Gasteiger partial charge < -0.3 is 19.4 Å². The summed E-state index contributed by atoms with van der Waals surface area (Å²) in [5.41, 5.74) is 0. The molecule has 2 aliphatic rings. The first-order valence-corrected chi connectivity index (χ1v) is 8.20. The van der Waals surface area contributed by atoms with Crippen LogP contribution in [0.2, 0.25) is 0 Å². The Kier molecular flexibility index (Phi) is 4.17. The summed E-state index contributed by atoms with van der Waals surface area (Å²) in [6.07, 6.45) is 4.91. The number of hydrogen-bond donors (Lipinski definition) is 1. The van der Waals surface area contributed by atoms with Crippen LogP contribution in [0.25, 0.3) is 0 Å². The molecule has 0 spiro atoms. The van der Waals surface area contributed by atoms with Gasteiger partial charge in [0.25, 0.3) is 0 Å². The highest BCUT2D eigenvalue weighted by molar-refractivity contribution is 5.79. The molecule has 2 saturated heterocycles. The molecule has 2 aromatic heterocycles. The minimum absolute atomic E-state index is 0.0330. The second-order valence-corrected chi connectivity index (χ2v) is 6.34. The number of nitrogens with zero attached hydrogens (tertiary/aromatic N) is 3. The molecule has 0 aromatic carbocycles. The van der Waals surface area contributed by atoms with Crippen LogP contribution in [-0.4, -0.2) is 42.2 Å². The molecule has 1 amide bonds. The van der Waals surface area contributed by atoms with Crippen molar-refractivity contribution in [3.8, 4) is 0 Å². The van der Waals surface area contributed by atoms with Gasteiger partial charge in [0.05, 0.1) is 31.9 Å². The molecular formula is C17H20N4O3. The first-order chi connectivity index (χ1) is 11.8. The normalized spacial score (nSPS) is 26.2. The lowest BCUT2D eigenvalue weighted by molar-refractivity contribution is -0.133. The summed E-state index contributed by atoms with van der Waals surface area (Å²) in [7, 11) is 0. The number of furan rings is 1. The second kappa shape index (κ2) is 6.60. The standard InChI is InChI=1S/C17H20N4O3/c22-17(19-6-13-2-1-5-24-13)15-10-23-9-12-7-21(8-14(12)15)16-3-4-18-11-20-16/h1-5,11-12,14-15H,6-10H2,(H,19,22)/t12-,14-,15+/m1/s1. The Bertz CT molecular complexity index is 676. The van der Waals surface area contributed by atoms with E-state index in [1.807, 2.05) is 18.2 Å². The molecule has 2 fully saturated rings. The highest BCUT2D eigenvalue weighted by atomic mass is 16.5. The van der Waals surface area contributed by atoms with Crippen molar-refractivity contribution in [3.63, 3.8) is 0 Å². The van der Waals surface area contributed by atoms with Gasteiger partial charge in [0, 0.05) is 25.2 Å². The highest BCUT2D eigenvalue weighted by Gasteiger charge is 2.44. The van der Waals surface area contributed by atoms with Gasteiger partial charge in [0.2, 0.25) is 5.91 Å². The summed E-state index contributed by atoms with van der Waals surface area (Å²) in [5, 5.41) is 2.97. The van der Waals surface area contributed by atoms with Crippen molar-refractivity contribution >= 4 is 11.7 Å². The van der Waals surface area contributed by atoms with Crippen LogP contribution in [0.1, 0.15) is 5.76 Å². The zero-order valence-corrected chi connectivity index (χ0v) is 13.3. The summed E-state index contributed by atoms with van der Waals surface area (Å²) in [5.74, 6) is 2.20. The number of amides is 1. The topological polar surface area (TPSA) is 80.5 Å². The van der Waals surface area contributed by atoms with Gasteiger partial charge in [-0.15, -0.1) is 0 Å². The number of carbonyl (C=O) groups excluding carboxylic acids is 1. The maximum atomic E-state index is 12.6. The van der Waals surface area contributed by atoms with E-state index in [0.717, 1.165) is 24.7 Å². The minimum atomic E-state index is -0.134. The van der Waals surface area contributed by atoms with Crippen LogP contribution in [0, 0.1) is 17.8 Å². The Balaban J connectivity index is 1.42. The summed E-state index contributed by atoms with van der Waals surface area (Å²) in [6, 6.07) is 5.58. The number of carbonyl (C=O) groups is 1. The van der Waals surface area contributed by atoms with Gasteiger partial charge in [0.1, 0.15) is 17.9 Å². The van der Waals surface area contributed by atoms with Crippen LogP contribution < -0.4 is 10.2 Å². The molecule has 126 valence electrons. The molecule has 0 radical (unpaired) electrons. The molecule has 0 bridgehead atoms. The molecule has 7 heteroatoms. The van der Waals surface area contributed by atoms with E-state index in [-0.39, 0.29) is 17.7 Å². The number of aromatic nitrogens is 2. The first-order valence-electron chi connectivity index (χ1n) is 8.20. The van der Waals surface area contributed by atoms with E-state index in [2.05, 4.69) is 20.2 Å².